The van der Waals surface area contributed by atoms with E-state index in [0.29, 0.717) is 11.3 Å². The van der Waals surface area contributed by atoms with E-state index in [1.54, 1.807) is 18.2 Å². The average Bonchev–Trinajstić information content (AvgIpc) is 2.61. The number of para-hydroxylation sites is 2. The van der Waals surface area contributed by atoms with Crippen molar-refractivity contribution in [1.29, 1.82) is 0 Å². The molecule has 0 saturated heterocycles. The second-order valence-electron chi connectivity index (χ2n) is 3.52. The van der Waals surface area contributed by atoms with E-state index in [1.165, 1.54) is 17.4 Å². The van der Waals surface area contributed by atoms with Crippen molar-refractivity contribution in [3.05, 3.63) is 44.6 Å². The van der Waals surface area contributed by atoms with Gasteiger partial charge in [-0.05, 0) is 41.1 Å². The molecule has 1 amide bonds. The van der Waals surface area contributed by atoms with Crippen LogP contribution in [0.4, 0.5) is 5.69 Å². The highest BCUT2D eigenvalue weighted by molar-refractivity contribution is 9.11. The lowest BCUT2D eigenvalue weighted by molar-refractivity contribution is 0.102. The molecule has 0 unspecified atom stereocenters. The summed E-state index contributed by atoms with van der Waals surface area (Å²) in [6.45, 7) is 1.94. The van der Waals surface area contributed by atoms with Gasteiger partial charge in [0.15, 0.2) is 0 Å². The maximum Gasteiger partial charge on any atom is 0.257 e. The number of amides is 1. The maximum absolute atomic E-state index is 12.0. The molecule has 0 aliphatic carbocycles. The number of rotatable bonds is 2. The summed E-state index contributed by atoms with van der Waals surface area (Å²) < 4.78 is 0.794. The van der Waals surface area contributed by atoms with Crippen molar-refractivity contribution in [2.45, 2.75) is 6.92 Å². The molecule has 0 aliphatic heterocycles. The Labute approximate surface area is 111 Å². The number of hydrogen-bond donors (Lipinski definition) is 2. The molecule has 1 aromatic heterocycles. The van der Waals surface area contributed by atoms with E-state index >= 15 is 0 Å². The van der Waals surface area contributed by atoms with Crippen LogP contribution in [0.2, 0.25) is 0 Å². The lowest BCUT2D eigenvalue weighted by Gasteiger charge is -2.05. The van der Waals surface area contributed by atoms with Gasteiger partial charge in [-0.2, -0.15) is 0 Å². The summed E-state index contributed by atoms with van der Waals surface area (Å²) in [5.41, 5.74) is 0.990. The molecule has 0 saturated carbocycles. The van der Waals surface area contributed by atoms with Crippen molar-refractivity contribution in [2.24, 2.45) is 0 Å². The van der Waals surface area contributed by atoms with Gasteiger partial charge in [0.25, 0.3) is 5.91 Å². The Hall–Kier alpha value is -1.33. The molecular formula is C12H10BrNO2S. The van der Waals surface area contributed by atoms with Crippen molar-refractivity contribution in [2.75, 3.05) is 5.32 Å². The number of carbonyl (C=O) groups excluding carboxylic acids is 1. The first-order chi connectivity index (χ1) is 8.08. The molecule has 0 atom stereocenters. The van der Waals surface area contributed by atoms with Gasteiger partial charge in [-0.15, -0.1) is 11.3 Å². The van der Waals surface area contributed by atoms with Crippen LogP contribution in [0.15, 0.2) is 34.1 Å². The van der Waals surface area contributed by atoms with Gasteiger partial charge >= 0.3 is 0 Å². The quantitative estimate of drug-likeness (QED) is 0.829. The minimum absolute atomic E-state index is 0.0592. The molecule has 0 spiro atoms. The molecule has 17 heavy (non-hydrogen) atoms. The molecule has 2 aromatic rings. The Bertz CT molecular complexity index is 565. The summed E-state index contributed by atoms with van der Waals surface area (Å²) in [6, 6.07) is 8.45. The van der Waals surface area contributed by atoms with Gasteiger partial charge in [-0.1, -0.05) is 12.1 Å². The number of phenols is 1. The number of phenolic OH excluding ortho intramolecular Hbond substituents is 1. The van der Waals surface area contributed by atoms with E-state index in [9.17, 15) is 9.90 Å². The Morgan fingerprint density at radius 2 is 2.12 bits per heavy atom. The highest BCUT2D eigenvalue weighted by Crippen LogP contribution is 2.29. The molecule has 0 aliphatic rings. The van der Waals surface area contributed by atoms with Gasteiger partial charge in [-0.25, -0.2) is 0 Å². The molecule has 2 rings (SSSR count). The molecule has 1 heterocycles. The van der Waals surface area contributed by atoms with Gasteiger partial charge in [0, 0.05) is 4.88 Å². The number of hydrogen-bond acceptors (Lipinski definition) is 3. The van der Waals surface area contributed by atoms with Gasteiger partial charge in [0.1, 0.15) is 5.75 Å². The van der Waals surface area contributed by atoms with Crippen molar-refractivity contribution in [3.8, 4) is 5.75 Å². The number of nitrogens with one attached hydrogen (secondary N) is 1. The standard InChI is InChI=1S/C12H10BrNO2S/c1-7-6-8(11(13)17-7)12(16)14-9-4-2-3-5-10(9)15/h2-6,15H,1H3,(H,14,16). The summed E-state index contributed by atoms with van der Waals surface area (Å²) in [6.07, 6.45) is 0. The first kappa shape index (κ1) is 12.1. The predicted octanol–water partition coefficient (Wildman–Crippen LogP) is 3.78. The van der Waals surface area contributed by atoms with E-state index in [4.69, 9.17) is 0 Å². The molecule has 0 bridgehead atoms. The minimum atomic E-state index is -0.234. The zero-order valence-electron chi connectivity index (χ0n) is 9.03. The van der Waals surface area contributed by atoms with Gasteiger partial charge < -0.3 is 10.4 Å². The number of thiophene rings is 1. The molecule has 1 aromatic carbocycles. The molecule has 2 N–H and O–H groups in total. The zero-order chi connectivity index (χ0) is 12.4. The third-order valence-electron chi connectivity index (χ3n) is 2.21. The van der Waals surface area contributed by atoms with Crippen LogP contribution in [-0.4, -0.2) is 11.0 Å². The second kappa shape index (κ2) is 4.89. The third kappa shape index (κ3) is 2.68. The monoisotopic (exact) mass is 311 g/mol. The van der Waals surface area contributed by atoms with Crippen LogP contribution in [-0.2, 0) is 0 Å². The van der Waals surface area contributed by atoms with Gasteiger partial charge in [0.2, 0.25) is 0 Å². The normalized spacial score (nSPS) is 10.2. The van der Waals surface area contributed by atoms with Crippen molar-refractivity contribution >= 4 is 38.9 Å². The highest BCUT2D eigenvalue weighted by atomic mass is 79.9. The summed E-state index contributed by atoms with van der Waals surface area (Å²) in [5, 5.41) is 12.2. The Kier molecular flexibility index (Phi) is 3.49. The van der Waals surface area contributed by atoms with Crippen LogP contribution in [0.3, 0.4) is 0 Å². The smallest absolute Gasteiger partial charge is 0.257 e. The Balaban J connectivity index is 2.23. The summed E-state index contributed by atoms with van der Waals surface area (Å²) in [5.74, 6) is -0.174. The highest BCUT2D eigenvalue weighted by Gasteiger charge is 2.14. The van der Waals surface area contributed by atoms with E-state index in [-0.39, 0.29) is 11.7 Å². The Morgan fingerprint density at radius 3 is 2.71 bits per heavy atom. The summed E-state index contributed by atoms with van der Waals surface area (Å²) in [7, 11) is 0. The van der Waals surface area contributed by atoms with E-state index in [1.807, 2.05) is 13.0 Å². The topological polar surface area (TPSA) is 49.3 Å². The van der Waals surface area contributed by atoms with Crippen molar-refractivity contribution in [3.63, 3.8) is 0 Å². The molecule has 0 fully saturated rings. The molecular weight excluding hydrogens is 302 g/mol. The number of carbonyl (C=O) groups is 1. The fourth-order valence-corrected chi connectivity index (χ4v) is 3.19. The van der Waals surface area contributed by atoms with Crippen molar-refractivity contribution < 1.29 is 9.90 Å². The Morgan fingerprint density at radius 1 is 1.41 bits per heavy atom. The van der Waals surface area contributed by atoms with Crippen LogP contribution in [0.25, 0.3) is 0 Å². The van der Waals surface area contributed by atoms with Crippen LogP contribution >= 0.6 is 27.3 Å². The number of benzene rings is 1. The second-order valence-corrected chi connectivity index (χ2v) is 6.09. The van der Waals surface area contributed by atoms with Crippen molar-refractivity contribution in [1.82, 2.24) is 0 Å². The van der Waals surface area contributed by atoms with E-state index in [0.717, 1.165) is 8.66 Å². The predicted molar refractivity (Wildman–Crippen MR) is 72.8 cm³/mol. The molecule has 3 nitrogen and oxygen atoms in total. The van der Waals surface area contributed by atoms with E-state index < -0.39 is 0 Å². The number of anilines is 1. The largest absolute Gasteiger partial charge is 0.506 e. The van der Waals surface area contributed by atoms with E-state index in [2.05, 4.69) is 21.2 Å². The van der Waals surface area contributed by atoms with Crippen LogP contribution < -0.4 is 5.32 Å². The summed E-state index contributed by atoms with van der Waals surface area (Å²) >= 11 is 4.85. The number of aryl methyl sites for hydroxylation is 1. The maximum atomic E-state index is 12.0. The number of halogens is 1. The molecule has 5 heteroatoms. The van der Waals surface area contributed by atoms with Gasteiger partial charge in [0.05, 0.1) is 15.0 Å². The summed E-state index contributed by atoms with van der Waals surface area (Å²) in [4.78, 5) is 13.0. The average molecular weight is 312 g/mol. The third-order valence-corrected chi connectivity index (χ3v) is 3.96. The van der Waals surface area contributed by atoms with Crippen LogP contribution in [0, 0.1) is 6.92 Å². The minimum Gasteiger partial charge on any atom is -0.506 e. The van der Waals surface area contributed by atoms with Gasteiger partial charge in [-0.3, -0.25) is 4.79 Å². The first-order valence-electron chi connectivity index (χ1n) is 4.93. The zero-order valence-corrected chi connectivity index (χ0v) is 11.4. The first-order valence-corrected chi connectivity index (χ1v) is 6.54. The molecule has 88 valence electrons. The fourth-order valence-electron chi connectivity index (χ4n) is 1.41. The van der Waals surface area contributed by atoms with Crippen LogP contribution in [0.5, 0.6) is 5.75 Å². The molecule has 0 radical (unpaired) electrons. The lowest BCUT2D eigenvalue weighted by atomic mass is 10.2. The number of aromatic hydroxyl groups is 1. The fraction of sp³-hybridized carbons (Fsp3) is 0.0833. The SMILES string of the molecule is Cc1cc(C(=O)Nc2ccccc2O)c(Br)s1. The van der Waals surface area contributed by atoms with Crippen LogP contribution in [0.1, 0.15) is 15.2 Å². The lowest BCUT2D eigenvalue weighted by Crippen LogP contribution is -2.11.